The highest BCUT2D eigenvalue weighted by Crippen LogP contribution is 2.44. The number of carbonyl (C=O) groups is 1. The van der Waals surface area contributed by atoms with Crippen LogP contribution in [0.25, 0.3) is 5.65 Å². The first-order valence-electron chi connectivity index (χ1n) is 12.8. The van der Waals surface area contributed by atoms with Gasteiger partial charge in [0, 0.05) is 46.9 Å². The molecule has 11 heteroatoms. The van der Waals surface area contributed by atoms with Crippen molar-refractivity contribution in [2.45, 2.75) is 73.0 Å². The predicted molar refractivity (Wildman–Crippen MR) is 153 cm³/mol. The lowest BCUT2D eigenvalue weighted by atomic mass is 9.73. The summed E-state index contributed by atoms with van der Waals surface area (Å²) in [5, 5.41) is 3.87. The molecule has 0 bridgehead atoms. The second-order valence-electron chi connectivity index (χ2n) is 10.9. The number of aromatic nitrogens is 3. The highest BCUT2D eigenvalue weighted by atomic mass is 35.5. The Balaban J connectivity index is 1.33. The number of nitrogens with one attached hydrogen (secondary N) is 1. The van der Waals surface area contributed by atoms with Gasteiger partial charge in [-0.1, -0.05) is 29.4 Å². The van der Waals surface area contributed by atoms with Crippen molar-refractivity contribution in [3.63, 3.8) is 0 Å². The van der Waals surface area contributed by atoms with Crippen molar-refractivity contribution in [3.05, 3.63) is 41.8 Å². The van der Waals surface area contributed by atoms with E-state index < -0.39 is 5.60 Å². The summed E-state index contributed by atoms with van der Waals surface area (Å²) in [6.07, 6.45) is 9.03. The summed E-state index contributed by atoms with van der Waals surface area (Å²) < 4.78 is 13.7. The molecule has 1 N–H and O–H groups in total. The number of halogens is 1. The molecule has 2 aliphatic rings. The normalized spacial score (nSPS) is 21.3. The predicted octanol–water partition coefficient (Wildman–Crippen LogP) is 6.15. The molecule has 2 saturated heterocycles. The molecular weight excluding hydrogens is 542 g/mol. The second-order valence-corrected chi connectivity index (χ2v) is 13.2. The molecule has 4 heterocycles. The van der Waals surface area contributed by atoms with Gasteiger partial charge in [0.2, 0.25) is 5.95 Å². The van der Waals surface area contributed by atoms with E-state index in [4.69, 9.17) is 26.1 Å². The fourth-order valence-electron chi connectivity index (χ4n) is 5.37. The summed E-state index contributed by atoms with van der Waals surface area (Å²) in [4.78, 5) is 27.5. The van der Waals surface area contributed by atoms with Crippen LogP contribution in [-0.4, -0.2) is 64.2 Å². The van der Waals surface area contributed by atoms with E-state index in [1.54, 1.807) is 23.5 Å². The van der Waals surface area contributed by atoms with Crippen molar-refractivity contribution < 1.29 is 14.3 Å². The van der Waals surface area contributed by atoms with Crippen LogP contribution in [0.5, 0.6) is 0 Å². The first-order valence-corrected chi connectivity index (χ1v) is 15.2. The smallest absolute Gasteiger partial charge is 0.407 e. The number of ether oxygens (including phenoxy) is 2. The lowest BCUT2D eigenvalue weighted by Crippen LogP contribution is -2.55. The number of carbonyl (C=O) groups excluding carboxylic acids is 1. The Kier molecular flexibility index (Phi) is 7.79. The highest BCUT2D eigenvalue weighted by molar-refractivity contribution is 8.02. The first kappa shape index (κ1) is 27.4. The van der Waals surface area contributed by atoms with Gasteiger partial charge in [0.15, 0.2) is 5.65 Å². The lowest BCUT2D eigenvalue weighted by Gasteiger charge is -2.43. The third kappa shape index (κ3) is 5.46. The van der Waals surface area contributed by atoms with Gasteiger partial charge in [-0.15, -0.1) is 11.8 Å². The van der Waals surface area contributed by atoms with Crippen LogP contribution in [0.15, 0.2) is 51.5 Å². The number of amides is 1. The van der Waals surface area contributed by atoms with Crippen molar-refractivity contribution >= 4 is 52.8 Å². The number of hydrogen-bond donors (Lipinski definition) is 1. The number of hydrogen-bond acceptors (Lipinski definition) is 8. The Morgan fingerprint density at radius 3 is 2.71 bits per heavy atom. The topological polar surface area (TPSA) is 81.0 Å². The van der Waals surface area contributed by atoms with E-state index >= 15 is 0 Å². The zero-order valence-electron chi connectivity index (χ0n) is 22.4. The summed E-state index contributed by atoms with van der Waals surface area (Å²) in [5.74, 6) is 0.872. The van der Waals surface area contributed by atoms with E-state index in [0.29, 0.717) is 6.61 Å². The number of piperidine rings is 1. The molecule has 2 aromatic heterocycles. The van der Waals surface area contributed by atoms with Gasteiger partial charge in [-0.2, -0.15) is 0 Å². The minimum atomic E-state index is -0.542. The molecule has 8 nitrogen and oxygen atoms in total. The van der Waals surface area contributed by atoms with Crippen LogP contribution in [0, 0.1) is 5.41 Å². The van der Waals surface area contributed by atoms with Gasteiger partial charge in [-0.25, -0.2) is 14.8 Å². The monoisotopic (exact) mass is 575 g/mol. The number of thioether (sulfide) groups is 1. The maximum atomic E-state index is 12.6. The third-order valence-electron chi connectivity index (χ3n) is 7.21. The van der Waals surface area contributed by atoms with E-state index in [1.165, 1.54) is 0 Å². The molecule has 2 atom stereocenters. The molecule has 3 aromatic rings. The van der Waals surface area contributed by atoms with Crippen LogP contribution < -0.4 is 10.2 Å². The van der Waals surface area contributed by atoms with Crippen molar-refractivity contribution in [1.29, 1.82) is 0 Å². The zero-order chi connectivity index (χ0) is 27.1. The van der Waals surface area contributed by atoms with Crippen LogP contribution in [-0.2, 0) is 9.47 Å². The average Bonchev–Trinajstić information content (AvgIpc) is 3.46. The molecule has 204 valence electrons. The van der Waals surface area contributed by atoms with Gasteiger partial charge in [0.1, 0.15) is 5.60 Å². The van der Waals surface area contributed by atoms with Gasteiger partial charge >= 0.3 is 6.09 Å². The molecule has 38 heavy (non-hydrogen) atoms. The minimum absolute atomic E-state index is 0.0680. The van der Waals surface area contributed by atoms with Gasteiger partial charge in [-0.3, -0.25) is 4.40 Å². The quantitative estimate of drug-likeness (QED) is 0.363. The summed E-state index contributed by atoms with van der Waals surface area (Å²) >= 11 is 9.70. The Hall–Kier alpha value is -2.14. The molecule has 5 rings (SSSR count). The highest BCUT2D eigenvalue weighted by Gasteiger charge is 2.50. The standard InChI is InChI=1S/C27H34ClN5O3S2/c1-17-22(31-25(34)36-26(2,3)4)27(16-35-17)9-12-32(13-10-27)24-30-15-20(23-29-11-14-33(23)24)38-19-8-6-7-18(28)21(19)37-5/h6-8,11,14-15,17,22H,9-10,12-13,16H2,1-5H3,(H,31,34)/t17-,22+/m0/s1. The molecule has 0 saturated carbocycles. The van der Waals surface area contributed by atoms with Gasteiger partial charge in [-0.05, 0) is 58.9 Å². The van der Waals surface area contributed by atoms with E-state index in [0.717, 1.165) is 57.2 Å². The number of fused-ring (bicyclic) bond motifs is 1. The summed E-state index contributed by atoms with van der Waals surface area (Å²) in [6.45, 7) is 9.89. The molecule has 0 radical (unpaired) electrons. The fraction of sp³-hybridized carbons (Fsp3) is 0.519. The molecule has 2 aliphatic heterocycles. The molecule has 2 fully saturated rings. The molecule has 1 aromatic carbocycles. The number of rotatable bonds is 5. The van der Waals surface area contributed by atoms with Crippen molar-refractivity contribution in [3.8, 4) is 0 Å². The molecular formula is C27H34ClN5O3S2. The Morgan fingerprint density at radius 2 is 2.00 bits per heavy atom. The van der Waals surface area contributed by atoms with Crippen molar-refractivity contribution in [2.75, 3.05) is 30.9 Å². The SMILES string of the molecule is CSc1c(Cl)cccc1Sc1cnc(N2CCC3(CC2)CO[C@@H](C)[C@H]3NC(=O)OC(C)(C)C)n2ccnc12. The third-order valence-corrected chi connectivity index (χ3v) is 9.68. The van der Waals surface area contributed by atoms with E-state index in [1.807, 2.05) is 64.7 Å². The maximum Gasteiger partial charge on any atom is 0.407 e. The van der Waals surface area contributed by atoms with Crippen LogP contribution in [0.4, 0.5) is 10.7 Å². The van der Waals surface area contributed by atoms with Crippen LogP contribution in [0.1, 0.15) is 40.5 Å². The number of anilines is 1. The molecule has 1 amide bonds. The number of nitrogens with zero attached hydrogens (tertiary/aromatic N) is 4. The summed E-state index contributed by atoms with van der Waals surface area (Å²) in [7, 11) is 0. The Morgan fingerprint density at radius 1 is 1.24 bits per heavy atom. The maximum absolute atomic E-state index is 12.6. The van der Waals surface area contributed by atoms with Gasteiger partial charge in [0.25, 0.3) is 0 Å². The Bertz CT molecular complexity index is 1320. The lowest BCUT2D eigenvalue weighted by molar-refractivity contribution is 0.0434. The van der Waals surface area contributed by atoms with E-state index in [9.17, 15) is 4.79 Å². The zero-order valence-corrected chi connectivity index (χ0v) is 24.8. The van der Waals surface area contributed by atoms with E-state index in [-0.39, 0.29) is 23.7 Å². The van der Waals surface area contributed by atoms with E-state index in [2.05, 4.69) is 25.7 Å². The van der Waals surface area contributed by atoms with Gasteiger partial charge in [0.05, 0.1) is 28.7 Å². The first-order chi connectivity index (χ1) is 18.1. The molecule has 1 spiro atoms. The summed E-state index contributed by atoms with van der Waals surface area (Å²) in [6, 6.07) is 5.86. The minimum Gasteiger partial charge on any atom is -0.444 e. The van der Waals surface area contributed by atoms with Crippen LogP contribution in [0.3, 0.4) is 0 Å². The average molecular weight is 576 g/mol. The Labute approximate surface area is 237 Å². The number of benzene rings is 1. The fourth-order valence-corrected chi connectivity index (χ4v) is 7.67. The summed E-state index contributed by atoms with van der Waals surface area (Å²) in [5.41, 5.74) is 0.200. The second kappa shape index (κ2) is 10.8. The van der Waals surface area contributed by atoms with Crippen molar-refractivity contribution in [1.82, 2.24) is 19.7 Å². The van der Waals surface area contributed by atoms with Crippen LogP contribution >= 0.6 is 35.1 Å². The molecule has 0 unspecified atom stereocenters. The largest absolute Gasteiger partial charge is 0.444 e. The van der Waals surface area contributed by atoms with Gasteiger partial charge < -0.3 is 19.7 Å². The van der Waals surface area contributed by atoms with Crippen molar-refractivity contribution in [2.24, 2.45) is 5.41 Å². The molecule has 0 aliphatic carbocycles. The van der Waals surface area contributed by atoms with Crippen LogP contribution in [0.2, 0.25) is 5.02 Å². The number of imidazole rings is 1. The number of alkyl carbamates (subject to hydrolysis) is 1.